The number of hydrogen-bond donors (Lipinski definition) is 0. The van der Waals surface area contributed by atoms with Gasteiger partial charge in [0, 0.05) is 32.6 Å². The van der Waals surface area contributed by atoms with E-state index in [9.17, 15) is 9.59 Å². The van der Waals surface area contributed by atoms with Crippen LogP contribution in [0.5, 0.6) is 0 Å². The Morgan fingerprint density at radius 1 is 1.19 bits per heavy atom. The zero-order valence-electron chi connectivity index (χ0n) is 21.4. The standard InChI is InChI=1S/C24H43NO6Si/c1-10-25-14-23(15-30-32(8,9)22(3,4)5)12-11-19(28-6)24(21(27)29-7)18(23)13-17(20(24)25)31-16(2)26/h17-20H,10-15H2,1-9H3/t17-,18-,19-,20-,23+,24+/m1/s1. The minimum absolute atomic E-state index is 0.0249. The van der Waals surface area contributed by atoms with Crippen LogP contribution in [0.2, 0.25) is 18.1 Å². The lowest BCUT2D eigenvalue weighted by Crippen LogP contribution is -2.72. The van der Waals surface area contributed by atoms with Crippen LogP contribution in [0.1, 0.15) is 53.9 Å². The first kappa shape index (κ1) is 25.7. The first-order chi connectivity index (χ1) is 14.8. The molecule has 0 aromatic carbocycles. The highest BCUT2D eigenvalue weighted by Gasteiger charge is 2.76. The quantitative estimate of drug-likeness (QED) is 0.416. The number of rotatable bonds is 7. The van der Waals surface area contributed by atoms with Crippen molar-refractivity contribution in [3.05, 3.63) is 0 Å². The van der Waals surface area contributed by atoms with Crippen LogP contribution < -0.4 is 0 Å². The van der Waals surface area contributed by atoms with E-state index in [-0.39, 0.29) is 46.6 Å². The van der Waals surface area contributed by atoms with Gasteiger partial charge in [-0.05, 0) is 49.9 Å². The number of likely N-dealkylation sites (N-methyl/N-ethyl adjacent to an activating group) is 1. The van der Waals surface area contributed by atoms with Gasteiger partial charge in [-0.15, -0.1) is 0 Å². The maximum absolute atomic E-state index is 13.6. The Kier molecular flexibility index (Phi) is 6.95. The fraction of sp³-hybridized carbons (Fsp3) is 0.917. The third-order valence-electron chi connectivity index (χ3n) is 9.05. The second-order valence-corrected chi connectivity index (χ2v) is 16.4. The summed E-state index contributed by atoms with van der Waals surface area (Å²) in [5, 5.41) is 0.102. The van der Waals surface area contributed by atoms with Gasteiger partial charge in [-0.1, -0.05) is 27.7 Å². The van der Waals surface area contributed by atoms with Gasteiger partial charge in [0.1, 0.15) is 11.5 Å². The van der Waals surface area contributed by atoms with Crippen molar-refractivity contribution in [1.29, 1.82) is 0 Å². The fourth-order valence-electron chi connectivity index (χ4n) is 6.58. The molecule has 3 rings (SSSR count). The van der Waals surface area contributed by atoms with Crippen LogP contribution in [0, 0.1) is 16.7 Å². The van der Waals surface area contributed by atoms with Crippen molar-refractivity contribution < 1.29 is 28.2 Å². The summed E-state index contributed by atoms with van der Waals surface area (Å²) in [5.74, 6) is -0.583. The molecular weight excluding hydrogens is 426 g/mol. The number of carbonyl (C=O) groups excluding carboxylic acids is 2. The van der Waals surface area contributed by atoms with Crippen molar-refractivity contribution in [1.82, 2.24) is 4.90 Å². The minimum Gasteiger partial charge on any atom is -0.468 e. The lowest BCUT2D eigenvalue weighted by molar-refractivity contribution is -0.220. The smallest absolute Gasteiger partial charge is 0.316 e. The van der Waals surface area contributed by atoms with Crippen LogP contribution >= 0.6 is 0 Å². The van der Waals surface area contributed by atoms with Crippen molar-refractivity contribution in [2.45, 2.75) is 90.3 Å². The number of esters is 2. The highest BCUT2D eigenvalue weighted by atomic mass is 28.4. The molecule has 0 aromatic heterocycles. The van der Waals surface area contributed by atoms with Crippen LogP contribution in [0.15, 0.2) is 0 Å². The lowest BCUT2D eigenvalue weighted by atomic mass is 9.51. The second kappa shape index (κ2) is 8.67. The summed E-state index contributed by atoms with van der Waals surface area (Å²) in [6.45, 7) is 17.0. The molecule has 8 heteroatoms. The highest BCUT2D eigenvalue weighted by Crippen LogP contribution is 2.66. The Hall–Kier alpha value is -0.963. The molecule has 32 heavy (non-hydrogen) atoms. The summed E-state index contributed by atoms with van der Waals surface area (Å²) >= 11 is 0. The topological polar surface area (TPSA) is 74.3 Å². The van der Waals surface area contributed by atoms with E-state index in [1.807, 2.05) is 0 Å². The van der Waals surface area contributed by atoms with Gasteiger partial charge in [-0.25, -0.2) is 0 Å². The third-order valence-corrected chi connectivity index (χ3v) is 13.5. The molecule has 1 saturated heterocycles. The van der Waals surface area contributed by atoms with Gasteiger partial charge in [0.15, 0.2) is 8.32 Å². The molecule has 0 spiro atoms. The summed E-state index contributed by atoms with van der Waals surface area (Å²) in [5.41, 5.74) is -1.08. The third kappa shape index (κ3) is 3.75. The molecule has 1 aliphatic heterocycles. The average Bonchev–Trinajstić information content (AvgIpc) is 2.97. The summed E-state index contributed by atoms with van der Waals surface area (Å²) in [6.07, 6.45) is 1.68. The average molecular weight is 470 g/mol. The van der Waals surface area contributed by atoms with Gasteiger partial charge in [-0.2, -0.15) is 0 Å². The Balaban J connectivity index is 2.11. The number of carbonyl (C=O) groups is 2. The van der Waals surface area contributed by atoms with E-state index in [2.05, 4.69) is 45.7 Å². The molecule has 0 amide bonds. The molecule has 0 aromatic rings. The summed E-state index contributed by atoms with van der Waals surface area (Å²) in [4.78, 5) is 28.0. The van der Waals surface area contributed by atoms with Crippen LogP contribution in [0.4, 0.5) is 0 Å². The van der Waals surface area contributed by atoms with Gasteiger partial charge >= 0.3 is 11.9 Å². The maximum Gasteiger partial charge on any atom is 0.316 e. The summed E-state index contributed by atoms with van der Waals surface area (Å²) < 4.78 is 24.1. The zero-order valence-corrected chi connectivity index (χ0v) is 22.4. The first-order valence-electron chi connectivity index (χ1n) is 12.0. The van der Waals surface area contributed by atoms with Gasteiger partial charge in [0.2, 0.25) is 0 Å². The van der Waals surface area contributed by atoms with Crippen LogP contribution in [-0.2, 0) is 28.2 Å². The van der Waals surface area contributed by atoms with E-state index >= 15 is 0 Å². The van der Waals surface area contributed by atoms with Crippen molar-refractivity contribution in [3.63, 3.8) is 0 Å². The Labute approximate surface area is 194 Å². The molecule has 2 saturated carbocycles. The zero-order chi connectivity index (χ0) is 24.1. The van der Waals surface area contributed by atoms with Crippen molar-refractivity contribution in [3.8, 4) is 0 Å². The van der Waals surface area contributed by atoms with E-state index in [1.165, 1.54) is 14.0 Å². The fourth-order valence-corrected chi connectivity index (χ4v) is 7.66. The largest absolute Gasteiger partial charge is 0.468 e. The van der Waals surface area contributed by atoms with Gasteiger partial charge in [0.05, 0.1) is 19.3 Å². The molecule has 7 nitrogen and oxygen atoms in total. The Morgan fingerprint density at radius 2 is 1.84 bits per heavy atom. The number of piperidine rings is 1. The maximum atomic E-state index is 13.6. The summed E-state index contributed by atoms with van der Waals surface area (Å²) in [7, 11) is 1.15. The highest BCUT2D eigenvalue weighted by molar-refractivity contribution is 6.74. The first-order valence-corrected chi connectivity index (χ1v) is 14.9. The molecule has 2 aliphatic carbocycles. The predicted molar refractivity (Wildman–Crippen MR) is 125 cm³/mol. The SMILES string of the molecule is CCN1C[C@]2(CO[Si](C)(C)C(C)(C)C)CC[C@@H](OC)[C@@]3(C(=O)OC)[C@@H]2C[C@@H](OC(C)=O)[C@@H]13. The Bertz CT molecular complexity index is 736. The van der Waals surface area contributed by atoms with Crippen LogP contribution in [-0.4, -0.2) is 77.3 Å². The predicted octanol–water partition coefficient (Wildman–Crippen LogP) is 3.62. The number of nitrogens with zero attached hydrogens (tertiary/aromatic N) is 1. The molecule has 3 fully saturated rings. The van der Waals surface area contributed by atoms with Crippen molar-refractivity contribution >= 4 is 20.3 Å². The van der Waals surface area contributed by atoms with Crippen LogP contribution in [0.25, 0.3) is 0 Å². The monoisotopic (exact) mass is 469 g/mol. The van der Waals surface area contributed by atoms with Crippen molar-refractivity contribution in [2.24, 2.45) is 16.7 Å². The molecule has 1 heterocycles. The Morgan fingerprint density at radius 3 is 2.34 bits per heavy atom. The number of likely N-dealkylation sites (tertiary alicyclic amines) is 1. The molecular formula is C24H43NO6Si. The number of hydrogen-bond acceptors (Lipinski definition) is 7. The molecule has 0 radical (unpaired) electrons. The van der Waals surface area contributed by atoms with Gasteiger partial charge < -0.3 is 18.6 Å². The molecule has 184 valence electrons. The molecule has 6 atom stereocenters. The second-order valence-electron chi connectivity index (χ2n) is 11.5. The normalized spacial score (nSPS) is 37.3. The summed E-state index contributed by atoms with van der Waals surface area (Å²) in [6, 6.07) is -0.250. The molecule has 3 aliphatic rings. The van der Waals surface area contributed by atoms with E-state index < -0.39 is 13.7 Å². The lowest BCUT2D eigenvalue weighted by Gasteiger charge is -2.62. The van der Waals surface area contributed by atoms with E-state index in [0.29, 0.717) is 13.0 Å². The van der Waals surface area contributed by atoms with E-state index in [0.717, 1.165) is 25.9 Å². The van der Waals surface area contributed by atoms with Crippen LogP contribution in [0.3, 0.4) is 0 Å². The molecule has 0 unspecified atom stereocenters. The molecule has 0 N–H and O–H groups in total. The van der Waals surface area contributed by atoms with E-state index in [1.54, 1.807) is 7.11 Å². The van der Waals surface area contributed by atoms with Gasteiger partial charge in [-0.3, -0.25) is 14.5 Å². The molecule has 4 bridgehead atoms. The number of ether oxygens (including phenoxy) is 3. The van der Waals surface area contributed by atoms with Crippen molar-refractivity contribution in [2.75, 3.05) is 33.9 Å². The van der Waals surface area contributed by atoms with Gasteiger partial charge in [0.25, 0.3) is 0 Å². The minimum atomic E-state index is -1.99. The van der Waals surface area contributed by atoms with E-state index in [4.69, 9.17) is 18.6 Å². The number of methoxy groups -OCH3 is 2.